The summed E-state index contributed by atoms with van der Waals surface area (Å²) in [6.45, 7) is 1.47. The summed E-state index contributed by atoms with van der Waals surface area (Å²) < 4.78 is 50.7. The molecule has 1 aromatic rings. The first-order valence-electron chi connectivity index (χ1n) is 6.62. The second-order valence-corrected chi connectivity index (χ2v) is 6.15. The summed E-state index contributed by atoms with van der Waals surface area (Å²) in [6.07, 6.45) is -3.24. The van der Waals surface area contributed by atoms with E-state index in [2.05, 4.69) is 0 Å². The Kier molecular flexibility index (Phi) is 5.32. The minimum Gasteiger partial charge on any atom is -0.302 e. The Bertz CT molecular complexity index is 418. The smallest absolute Gasteiger partial charge is 0.302 e. The maximum Gasteiger partial charge on any atom is 0.393 e. The molecule has 1 heterocycles. The Morgan fingerprint density at radius 2 is 1.90 bits per heavy atom. The molecule has 20 heavy (non-hydrogen) atoms. The molecule has 0 saturated carbocycles. The van der Waals surface area contributed by atoms with E-state index in [4.69, 9.17) is 0 Å². The molecule has 1 atom stereocenters. The van der Waals surface area contributed by atoms with E-state index < -0.39 is 12.1 Å². The molecule has 0 aromatic heterocycles. The van der Waals surface area contributed by atoms with Crippen molar-refractivity contribution >= 4 is 11.8 Å². The van der Waals surface area contributed by atoms with Crippen molar-refractivity contribution in [1.29, 1.82) is 0 Å². The van der Waals surface area contributed by atoms with Gasteiger partial charge in [0.1, 0.15) is 5.82 Å². The van der Waals surface area contributed by atoms with Crippen LogP contribution in [-0.4, -0.2) is 36.5 Å². The number of halogens is 4. The third-order valence-electron chi connectivity index (χ3n) is 3.46. The predicted octanol–water partition coefficient (Wildman–Crippen LogP) is 4.19. The van der Waals surface area contributed by atoms with Crippen LogP contribution in [0.15, 0.2) is 29.2 Å². The lowest BCUT2D eigenvalue weighted by atomic mass is 9.98. The standard InChI is InChI=1S/C14H17F4NS/c15-12-3-5-13(6-4-12)20-9-8-19-7-1-2-11(10-19)14(16,17)18/h3-6,11H,1-2,7-10H2. The highest BCUT2D eigenvalue weighted by Crippen LogP contribution is 2.33. The molecule has 1 aliphatic rings. The number of alkyl halides is 3. The van der Waals surface area contributed by atoms with E-state index in [0.717, 1.165) is 17.2 Å². The molecule has 2 rings (SSSR count). The fraction of sp³-hybridized carbons (Fsp3) is 0.571. The molecule has 0 N–H and O–H groups in total. The number of hydrogen-bond donors (Lipinski definition) is 0. The van der Waals surface area contributed by atoms with E-state index >= 15 is 0 Å². The van der Waals surface area contributed by atoms with E-state index in [9.17, 15) is 17.6 Å². The Balaban J connectivity index is 1.75. The molecule has 0 spiro atoms. The number of nitrogens with zero attached hydrogens (tertiary/aromatic N) is 1. The second-order valence-electron chi connectivity index (χ2n) is 4.98. The van der Waals surface area contributed by atoms with Crippen LogP contribution in [0.5, 0.6) is 0 Å². The van der Waals surface area contributed by atoms with Gasteiger partial charge in [0.15, 0.2) is 0 Å². The van der Waals surface area contributed by atoms with E-state index in [-0.39, 0.29) is 18.8 Å². The van der Waals surface area contributed by atoms with Crippen molar-refractivity contribution in [2.24, 2.45) is 5.92 Å². The van der Waals surface area contributed by atoms with E-state index in [1.807, 2.05) is 4.90 Å². The van der Waals surface area contributed by atoms with E-state index in [1.54, 1.807) is 23.9 Å². The zero-order valence-electron chi connectivity index (χ0n) is 11.0. The summed E-state index contributed by atoms with van der Waals surface area (Å²) in [7, 11) is 0. The molecule has 1 nitrogen and oxygen atoms in total. The summed E-state index contributed by atoms with van der Waals surface area (Å²) >= 11 is 1.54. The topological polar surface area (TPSA) is 3.24 Å². The minimum atomic E-state index is -4.08. The number of rotatable bonds is 4. The van der Waals surface area contributed by atoms with Crippen LogP contribution in [0.2, 0.25) is 0 Å². The molecule has 1 aromatic carbocycles. The minimum absolute atomic E-state index is 0.105. The largest absolute Gasteiger partial charge is 0.393 e. The Morgan fingerprint density at radius 1 is 1.20 bits per heavy atom. The number of likely N-dealkylation sites (tertiary alicyclic amines) is 1. The van der Waals surface area contributed by atoms with Crippen LogP contribution in [0.4, 0.5) is 17.6 Å². The first kappa shape index (κ1) is 15.6. The molecule has 0 bridgehead atoms. The van der Waals surface area contributed by atoms with Crippen LogP contribution in [0, 0.1) is 11.7 Å². The zero-order chi connectivity index (χ0) is 14.6. The van der Waals surface area contributed by atoms with Crippen molar-refractivity contribution in [1.82, 2.24) is 4.90 Å². The van der Waals surface area contributed by atoms with Gasteiger partial charge >= 0.3 is 6.18 Å². The van der Waals surface area contributed by atoms with Gasteiger partial charge in [0.05, 0.1) is 5.92 Å². The average Bonchev–Trinajstić information content (AvgIpc) is 2.40. The highest BCUT2D eigenvalue weighted by atomic mass is 32.2. The lowest BCUT2D eigenvalue weighted by Crippen LogP contribution is -2.42. The van der Waals surface area contributed by atoms with E-state index in [0.29, 0.717) is 13.0 Å². The molecule has 0 amide bonds. The van der Waals surface area contributed by atoms with Gasteiger partial charge in [-0.25, -0.2) is 4.39 Å². The van der Waals surface area contributed by atoms with Crippen LogP contribution in [0.3, 0.4) is 0 Å². The van der Waals surface area contributed by atoms with Gasteiger partial charge in [-0.05, 0) is 43.7 Å². The summed E-state index contributed by atoms with van der Waals surface area (Å²) in [4.78, 5) is 2.81. The monoisotopic (exact) mass is 307 g/mol. The Morgan fingerprint density at radius 3 is 2.55 bits per heavy atom. The van der Waals surface area contributed by atoms with Crippen molar-refractivity contribution in [3.8, 4) is 0 Å². The van der Waals surface area contributed by atoms with Crippen LogP contribution in [0.25, 0.3) is 0 Å². The summed E-state index contributed by atoms with van der Waals surface area (Å²) in [5.41, 5.74) is 0. The molecule has 1 unspecified atom stereocenters. The van der Waals surface area contributed by atoms with Crippen molar-refractivity contribution in [3.05, 3.63) is 30.1 Å². The highest BCUT2D eigenvalue weighted by Gasteiger charge is 2.41. The predicted molar refractivity (Wildman–Crippen MR) is 72.3 cm³/mol. The number of hydrogen-bond acceptors (Lipinski definition) is 2. The van der Waals surface area contributed by atoms with Gasteiger partial charge in [-0.15, -0.1) is 11.8 Å². The molecule has 0 aliphatic carbocycles. The molecule has 6 heteroatoms. The SMILES string of the molecule is Fc1ccc(SCCN2CCCC(C(F)(F)F)C2)cc1. The van der Waals surface area contributed by atoms with Crippen LogP contribution >= 0.6 is 11.8 Å². The molecule has 1 fully saturated rings. The van der Waals surface area contributed by atoms with Crippen molar-refractivity contribution in [2.45, 2.75) is 23.9 Å². The van der Waals surface area contributed by atoms with Gasteiger partial charge in [0.25, 0.3) is 0 Å². The molecule has 1 aliphatic heterocycles. The third kappa shape index (κ3) is 4.66. The summed E-state index contributed by atoms with van der Waals surface area (Å²) in [5, 5.41) is 0. The van der Waals surface area contributed by atoms with Crippen LogP contribution in [0.1, 0.15) is 12.8 Å². The van der Waals surface area contributed by atoms with Crippen molar-refractivity contribution in [2.75, 3.05) is 25.4 Å². The van der Waals surface area contributed by atoms with Crippen LogP contribution in [-0.2, 0) is 0 Å². The summed E-state index contributed by atoms with van der Waals surface area (Å²) in [6, 6.07) is 6.16. The van der Waals surface area contributed by atoms with E-state index in [1.165, 1.54) is 12.1 Å². The summed E-state index contributed by atoms with van der Waals surface area (Å²) in [5.74, 6) is -0.749. The van der Waals surface area contributed by atoms with Gasteiger partial charge in [-0.3, -0.25) is 0 Å². The van der Waals surface area contributed by atoms with Gasteiger partial charge in [0, 0.05) is 23.7 Å². The first-order chi connectivity index (χ1) is 9.45. The zero-order valence-corrected chi connectivity index (χ0v) is 11.8. The fourth-order valence-electron chi connectivity index (χ4n) is 2.35. The maximum atomic E-state index is 12.7. The van der Waals surface area contributed by atoms with Crippen molar-refractivity contribution in [3.63, 3.8) is 0 Å². The Labute approximate surface area is 120 Å². The van der Waals surface area contributed by atoms with Gasteiger partial charge in [-0.1, -0.05) is 0 Å². The number of thioether (sulfide) groups is 1. The molecular formula is C14H17F4NS. The molecule has 0 radical (unpaired) electrons. The van der Waals surface area contributed by atoms with Gasteiger partial charge in [0.2, 0.25) is 0 Å². The van der Waals surface area contributed by atoms with Crippen LogP contribution < -0.4 is 0 Å². The molecule has 1 saturated heterocycles. The lowest BCUT2D eigenvalue weighted by Gasteiger charge is -2.33. The van der Waals surface area contributed by atoms with Gasteiger partial charge < -0.3 is 4.90 Å². The molecule has 112 valence electrons. The van der Waals surface area contributed by atoms with Gasteiger partial charge in [-0.2, -0.15) is 13.2 Å². The average molecular weight is 307 g/mol. The maximum absolute atomic E-state index is 12.7. The number of piperidine rings is 1. The fourth-order valence-corrected chi connectivity index (χ4v) is 3.26. The third-order valence-corrected chi connectivity index (χ3v) is 4.45. The lowest BCUT2D eigenvalue weighted by molar-refractivity contribution is -0.186. The normalized spacial score (nSPS) is 21.1. The Hall–Kier alpha value is -0.750. The molecular weight excluding hydrogens is 290 g/mol. The quantitative estimate of drug-likeness (QED) is 0.606. The van der Waals surface area contributed by atoms with Crippen molar-refractivity contribution < 1.29 is 17.6 Å². The number of benzene rings is 1. The first-order valence-corrected chi connectivity index (χ1v) is 7.61. The second kappa shape index (κ2) is 6.80. The highest BCUT2D eigenvalue weighted by molar-refractivity contribution is 7.99.